The zero-order valence-corrected chi connectivity index (χ0v) is 12.6. The van der Waals surface area contributed by atoms with Gasteiger partial charge >= 0.3 is 0 Å². The molecule has 3 aromatic heterocycles. The molecule has 0 fully saturated rings. The lowest BCUT2D eigenvalue weighted by molar-refractivity contribution is 0.672. The molecule has 3 rings (SSSR count). The van der Waals surface area contributed by atoms with E-state index in [1.54, 1.807) is 11.3 Å². The number of nitrogens with zero attached hydrogens (tertiary/aromatic N) is 3. The Morgan fingerprint density at radius 2 is 2.16 bits per heavy atom. The summed E-state index contributed by atoms with van der Waals surface area (Å²) in [7, 11) is 0. The number of nitrogens with one attached hydrogen (secondary N) is 1. The number of pyridine rings is 1. The van der Waals surface area contributed by atoms with Gasteiger partial charge in [-0.05, 0) is 40.2 Å². The van der Waals surface area contributed by atoms with Crippen LogP contribution in [0.4, 0.5) is 0 Å². The van der Waals surface area contributed by atoms with Crippen molar-refractivity contribution in [3.63, 3.8) is 0 Å². The lowest BCUT2D eigenvalue weighted by atomic mass is 10.3. The molecule has 0 saturated carbocycles. The number of halogens is 1. The molecule has 0 bridgehead atoms. The maximum Gasteiger partial charge on any atom is 0.160 e. The topological polar surface area (TPSA) is 42.2 Å². The zero-order chi connectivity index (χ0) is 13.1. The SMILES string of the molecule is Brc1ccc(CNCCc2nnc3ccccn23)s1. The van der Waals surface area contributed by atoms with Crippen molar-refractivity contribution in [2.75, 3.05) is 6.54 Å². The van der Waals surface area contributed by atoms with Crippen molar-refractivity contribution in [1.29, 1.82) is 0 Å². The van der Waals surface area contributed by atoms with Gasteiger partial charge in [-0.25, -0.2) is 0 Å². The van der Waals surface area contributed by atoms with Gasteiger partial charge in [0.15, 0.2) is 5.65 Å². The highest BCUT2D eigenvalue weighted by Gasteiger charge is 2.04. The lowest BCUT2D eigenvalue weighted by Gasteiger charge is -2.02. The fourth-order valence-electron chi connectivity index (χ4n) is 1.92. The first-order chi connectivity index (χ1) is 9.33. The molecule has 0 aliphatic carbocycles. The molecular formula is C13H13BrN4S. The summed E-state index contributed by atoms with van der Waals surface area (Å²) in [5.74, 6) is 0.996. The van der Waals surface area contributed by atoms with Crippen molar-refractivity contribution < 1.29 is 0 Å². The summed E-state index contributed by atoms with van der Waals surface area (Å²) in [6, 6.07) is 10.1. The van der Waals surface area contributed by atoms with Gasteiger partial charge in [-0.15, -0.1) is 21.5 Å². The maximum atomic E-state index is 4.21. The van der Waals surface area contributed by atoms with Crippen LogP contribution in [0.15, 0.2) is 40.3 Å². The lowest BCUT2D eigenvalue weighted by Crippen LogP contribution is -2.17. The number of fused-ring (bicyclic) bond motifs is 1. The highest BCUT2D eigenvalue weighted by Crippen LogP contribution is 2.21. The normalized spacial score (nSPS) is 11.2. The molecule has 0 unspecified atom stereocenters. The Labute approximate surface area is 123 Å². The van der Waals surface area contributed by atoms with Gasteiger partial charge in [-0.2, -0.15) is 0 Å². The van der Waals surface area contributed by atoms with E-state index >= 15 is 0 Å². The summed E-state index contributed by atoms with van der Waals surface area (Å²) in [6.07, 6.45) is 2.87. The second-order valence-electron chi connectivity index (χ2n) is 4.18. The number of rotatable bonds is 5. The molecule has 4 nitrogen and oxygen atoms in total. The van der Waals surface area contributed by atoms with E-state index in [1.807, 2.05) is 28.8 Å². The van der Waals surface area contributed by atoms with E-state index in [1.165, 1.54) is 8.66 Å². The summed E-state index contributed by atoms with van der Waals surface area (Å²) in [5.41, 5.74) is 0.902. The van der Waals surface area contributed by atoms with Crippen molar-refractivity contribution in [3.8, 4) is 0 Å². The number of aromatic nitrogens is 3. The minimum Gasteiger partial charge on any atom is -0.311 e. The summed E-state index contributed by atoms with van der Waals surface area (Å²) >= 11 is 5.23. The van der Waals surface area contributed by atoms with Gasteiger partial charge in [-0.1, -0.05) is 6.07 Å². The van der Waals surface area contributed by atoms with Gasteiger partial charge < -0.3 is 5.32 Å². The maximum absolute atomic E-state index is 4.21. The van der Waals surface area contributed by atoms with Crippen molar-refractivity contribution in [2.24, 2.45) is 0 Å². The second kappa shape index (κ2) is 5.81. The first kappa shape index (κ1) is 12.8. The minimum absolute atomic E-state index is 0.873. The molecule has 0 radical (unpaired) electrons. The Morgan fingerprint density at radius 3 is 3.00 bits per heavy atom. The van der Waals surface area contributed by atoms with Crippen LogP contribution in [0.1, 0.15) is 10.7 Å². The van der Waals surface area contributed by atoms with Crippen LogP contribution in [0.5, 0.6) is 0 Å². The molecule has 0 atom stereocenters. The van der Waals surface area contributed by atoms with Gasteiger partial charge in [0, 0.05) is 30.6 Å². The molecule has 0 aliphatic rings. The predicted octanol–water partition coefficient (Wildman–Crippen LogP) is 2.89. The first-order valence-electron chi connectivity index (χ1n) is 6.06. The summed E-state index contributed by atoms with van der Waals surface area (Å²) in [5, 5.41) is 11.8. The smallest absolute Gasteiger partial charge is 0.160 e. The van der Waals surface area contributed by atoms with Crippen LogP contribution in [0.25, 0.3) is 5.65 Å². The van der Waals surface area contributed by atoms with Crippen molar-refractivity contribution >= 4 is 32.9 Å². The molecule has 0 amide bonds. The van der Waals surface area contributed by atoms with Crippen LogP contribution in [-0.4, -0.2) is 21.1 Å². The predicted molar refractivity (Wildman–Crippen MR) is 80.4 cm³/mol. The zero-order valence-electron chi connectivity index (χ0n) is 10.2. The van der Waals surface area contributed by atoms with E-state index in [0.29, 0.717) is 0 Å². The standard InChI is InChI=1S/C13H13BrN4S/c14-11-5-4-10(19-11)9-15-7-6-13-17-16-12-3-1-2-8-18(12)13/h1-5,8,15H,6-7,9H2. The Balaban J connectivity index is 1.55. The van der Waals surface area contributed by atoms with Crippen LogP contribution in [0.2, 0.25) is 0 Å². The largest absolute Gasteiger partial charge is 0.311 e. The highest BCUT2D eigenvalue weighted by atomic mass is 79.9. The van der Waals surface area contributed by atoms with E-state index in [2.05, 4.69) is 43.6 Å². The van der Waals surface area contributed by atoms with Gasteiger partial charge in [0.2, 0.25) is 0 Å². The average molecular weight is 337 g/mol. The summed E-state index contributed by atoms with van der Waals surface area (Å²) in [4.78, 5) is 1.33. The molecule has 6 heteroatoms. The van der Waals surface area contributed by atoms with Crippen LogP contribution >= 0.6 is 27.3 Å². The van der Waals surface area contributed by atoms with Crippen LogP contribution < -0.4 is 5.32 Å². The van der Waals surface area contributed by atoms with Gasteiger partial charge in [-0.3, -0.25) is 4.40 Å². The molecule has 3 aromatic rings. The van der Waals surface area contributed by atoms with E-state index in [0.717, 1.165) is 31.0 Å². The third-order valence-electron chi connectivity index (χ3n) is 2.84. The van der Waals surface area contributed by atoms with Gasteiger partial charge in [0.25, 0.3) is 0 Å². The quantitative estimate of drug-likeness (QED) is 0.728. The molecule has 98 valence electrons. The van der Waals surface area contributed by atoms with E-state index in [-0.39, 0.29) is 0 Å². The van der Waals surface area contributed by atoms with Crippen molar-refractivity contribution in [2.45, 2.75) is 13.0 Å². The molecule has 0 saturated heterocycles. The van der Waals surface area contributed by atoms with Crippen molar-refractivity contribution in [1.82, 2.24) is 19.9 Å². The Morgan fingerprint density at radius 1 is 1.21 bits per heavy atom. The van der Waals surface area contributed by atoms with E-state index < -0.39 is 0 Å². The van der Waals surface area contributed by atoms with E-state index in [4.69, 9.17) is 0 Å². The molecular weight excluding hydrogens is 324 g/mol. The Bertz CT molecular complexity index is 676. The monoisotopic (exact) mass is 336 g/mol. The van der Waals surface area contributed by atoms with Crippen LogP contribution in [-0.2, 0) is 13.0 Å². The number of hydrogen-bond donors (Lipinski definition) is 1. The molecule has 19 heavy (non-hydrogen) atoms. The third kappa shape index (κ3) is 3.02. The highest BCUT2D eigenvalue weighted by molar-refractivity contribution is 9.11. The second-order valence-corrected chi connectivity index (χ2v) is 6.73. The molecule has 3 heterocycles. The number of hydrogen-bond acceptors (Lipinski definition) is 4. The van der Waals surface area contributed by atoms with Crippen LogP contribution in [0, 0.1) is 0 Å². The number of thiophene rings is 1. The Hall–Kier alpha value is -1.24. The fourth-order valence-corrected chi connectivity index (χ4v) is 3.37. The first-order valence-corrected chi connectivity index (χ1v) is 7.67. The fraction of sp³-hybridized carbons (Fsp3) is 0.231. The Kier molecular flexibility index (Phi) is 3.91. The molecule has 1 N–H and O–H groups in total. The molecule has 0 spiro atoms. The average Bonchev–Trinajstić information content (AvgIpc) is 3.02. The van der Waals surface area contributed by atoms with Crippen molar-refractivity contribution in [3.05, 3.63) is 51.0 Å². The molecule has 0 aromatic carbocycles. The third-order valence-corrected chi connectivity index (χ3v) is 4.46. The van der Waals surface area contributed by atoms with Gasteiger partial charge in [0.05, 0.1) is 3.79 Å². The van der Waals surface area contributed by atoms with E-state index in [9.17, 15) is 0 Å². The van der Waals surface area contributed by atoms with Crippen LogP contribution in [0.3, 0.4) is 0 Å². The minimum atomic E-state index is 0.873. The summed E-state index contributed by atoms with van der Waals surface area (Å²) in [6.45, 7) is 1.79. The van der Waals surface area contributed by atoms with Gasteiger partial charge in [0.1, 0.15) is 5.82 Å². The summed E-state index contributed by atoms with van der Waals surface area (Å²) < 4.78 is 3.21. The molecule has 0 aliphatic heterocycles.